The summed E-state index contributed by atoms with van der Waals surface area (Å²) in [6.07, 6.45) is 2.20. The van der Waals surface area contributed by atoms with E-state index in [-0.39, 0.29) is 0 Å². The second kappa shape index (κ2) is 5.03. The molecule has 1 aromatic carbocycles. The van der Waals surface area contributed by atoms with Gasteiger partial charge in [0.15, 0.2) is 6.29 Å². The van der Waals surface area contributed by atoms with Gasteiger partial charge in [-0.1, -0.05) is 0 Å². The molecule has 4 nitrogen and oxygen atoms in total. The lowest BCUT2D eigenvalue weighted by molar-refractivity contribution is 0.112. The van der Waals surface area contributed by atoms with Gasteiger partial charge in [-0.15, -0.1) is 0 Å². The Labute approximate surface area is 98.6 Å². The Balaban J connectivity index is 2.13. The highest BCUT2D eigenvalue weighted by Gasteiger charge is 1.99. The SMILES string of the molecule is C=Nc1ccc(Oc2ccc(C=O)cn2)cc1. The van der Waals surface area contributed by atoms with Crippen molar-refractivity contribution in [2.75, 3.05) is 0 Å². The van der Waals surface area contributed by atoms with Crippen LogP contribution in [0.2, 0.25) is 0 Å². The molecule has 2 aromatic rings. The molecule has 0 aliphatic carbocycles. The van der Waals surface area contributed by atoms with Crippen LogP contribution in [0, 0.1) is 0 Å². The molecule has 0 spiro atoms. The van der Waals surface area contributed by atoms with Crippen molar-refractivity contribution in [3.63, 3.8) is 0 Å². The van der Waals surface area contributed by atoms with E-state index in [0.29, 0.717) is 17.2 Å². The minimum atomic E-state index is 0.440. The smallest absolute Gasteiger partial charge is 0.219 e. The highest BCUT2D eigenvalue weighted by Crippen LogP contribution is 2.22. The monoisotopic (exact) mass is 226 g/mol. The third-order valence-corrected chi connectivity index (χ3v) is 2.14. The predicted octanol–water partition coefficient (Wildman–Crippen LogP) is 3.02. The third kappa shape index (κ3) is 2.75. The normalized spacial score (nSPS) is 9.65. The molecule has 0 atom stereocenters. The first-order valence-electron chi connectivity index (χ1n) is 4.97. The molecule has 0 amide bonds. The molecule has 0 saturated carbocycles. The molecule has 0 bridgehead atoms. The number of hydrogen-bond acceptors (Lipinski definition) is 4. The van der Waals surface area contributed by atoms with Crippen LogP contribution in [0.4, 0.5) is 5.69 Å². The van der Waals surface area contributed by atoms with Crippen LogP contribution in [0.25, 0.3) is 0 Å². The van der Waals surface area contributed by atoms with Crippen LogP contribution < -0.4 is 4.74 Å². The molecule has 0 unspecified atom stereocenters. The molecule has 1 heterocycles. The molecule has 84 valence electrons. The lowest BCUT2D eigenvalue weighted by Gasteiger charge is -2.04. The molecule has 2 rings (SSSR count). The van der Waals surface area contributed by atoms with E-state index in [1.54, 1.807) is 36.4 Å². The topological polar surface area (TPSA) is 51.5 Å². The summed E-state index contributed by atoms with van der Waals surface area (Å²) >= 11 is 0. The van der Waals surface area contributed by atoms with Crippen LogP contribution in [0.5, 0.6) is 11.6 Å². The van der Waals surface area contributed by atoms with Crippen molar-refractivity contribution >= 4 is 18.7 Å². The van der Waals surface area contributed by atoms with E-state index in [4.69, 9.17) is 4.74 Å². The van der Waals surface area contributed by atoms with E-state index in [9.17, 15) is 4.79 Å². The number of carbonyl (C=O) groups excluding carboxylic acids is 1. The van der Waals surface area contributed by atoms with Crippen molar-refractivity contribution in [2.45, 2.75) is 0 Å². The quantitative estimate of drug-likeness (QED) is 0.594. The van der Waals surface area contributed by atoms with Crippen molar-refractivity contribution in [3.05, 3.63) is 48.2 Å². The first-order chi connectivity index (χ1) is 8.31. The van der Waals surface area contributed by atoms with E-state index in [1.807, 2.05) is 0 Å². The van der Waals surface area contributed by atoms with Gasteiger partial charge in [0.25, 0.3) is 0 Å². The van der Waals surface area contributed by atoms with Gasteiger partial charge in [-0.25, -0.2) is 4.98 Å². The molecule has 17 heavy (non-hydrogen) atoms. The van der Waals surface area contributed by atoms with Gasteiger partial charge in [0.1, 0.15) is 5.75 Å². The van der Waals surface area contributed by atoms with Crippen LogP contribution in [-0.2, 0) is 0 Å². The Hall–Kier alpha value is -2.49. The van der Waals surface area contributed by atoms with Crippen molar-refractivity contribution in [1.29, 1.82) is 0 Å². The molecule has 0 aliphatic rings. The van der Waals surface area contributed by atoms with Crippen LogP contribution in [0.15, 0.2) is 47.6 Å². The first-order valence-corrected chi connectivity index (χ1v) is 4.97. The average molecular weight is 226 g/mol. The number of nitrogens with zero attached hydrogens (tertiary/aromatic N) is 2. The zero-order valence-electron chi connectivity index (χ0n) is 9.04. The summed E-state index contributed by atoms with van der Waals surface area (Å²) in [6.45, 7) is 3.43. The minimum Gasteiger partial charge on any atom is -0.439 e. The van der Waals surface area contributed by atoms with Gasteiger partial charge in [0.05, 0.1) is 5.69 Å². The molecule has 0 N–H and O–H groups in total. The largest absolute Gasteiger partial charge is 0.439 e. The van der Waals surface area contributed by atoms with Crippen molar-refractivity contribution in [2.24, 2.45) is 4.99 Å². The van der Waals surface area contributed by atoms with E-state index < -0.39 is 0 Å². The Morgan fingerprint density at radius 2 is 1.94 bits per heavy atom. The molecule has 0 aliphatic heterocycles. The van der Waals surface area contributed by atoms with Crippen molar-refractivity contribution < 1.29 is 9.53 Å². The highest BCUT2D eigenvalue weighted by atomic mass is 16.5. The number of aliphatic imine (C=N–C) groups is 1. The van der Waals surface area contributed by atoms with Gasteiger partial charge in [-0.3, -0.25) is 9.79 Å². The Bertz CT molecular complexity index is 469. The lowest BCUT2D eigenvalue weighted by atomic mass is 10.3. The fraction of sp³-hybridized carbons (Fsp3) is 0. The third-order valence-electron chi connectivity index (χ3n) is 2.14. The Morgan fingerprint density at radius 1 is 1.18 bits per heavy atom. The lowest BCUT2D eigenvalue weighted by Crippen LogP contribution is -1.88. The number of carbonyl (C=O) groups is 1. The Kier molecular flexibility index (Phi) is 3.25. The van der Waals surface area contributed by atoms with Crippen LogP contribution >= 0.6 is 0 Å². The summed E-state index contributed by atoms with van der Waals surface area (Å²) in [5, 5.41) is 0. The van der Waals surface area contributed by atoms with E-state index in [2.05, 4.69) is 16.7 Å². The maximum absolute atomic E-state index is 10.4. The van der Waals surface area contributed by atoms with Gasteiger partial charge in [0.2, 0.25) is 5.88 Å². The summed E-state index contributed by atoms with van der Waals surface area (Å²) in [5.41, 5.74) is 1.30. The number of aldehydes is 1. The molecule has 4 heteroatoms. The maximum atomic E-state index is 10.4. The average Bonchev–Trinajstić information content (AvgIpc) is 2.40. The number of aromatic nitrogens is 1. The van der Waals surface area contributed by atoms with Gasteiger partial charge in [-0.05, 0) is 37.0 Å². The molecule has 0 radical (unpaired) electrons. The second-order valence-corrected chi connectivity index (χ2v) is 3.30. The van der Waals surface area contributed by atoms with E-state index in [0.717, 1.165) is 12.0 Å². The van der Waals surface area contributed by atoms with E-state index in [1.165, 1.54) is 6.20 Å². The number of benzene rings is 1. The van der Waals surface area contributed by atoms with Crippen LogP contribution in [-0.4, -0.2) is 18.0 Å². The standard InChI is InChI=1S/C13H10N2O2/c1-14-11-3-5-12(6-4-11)17-13-7-2-10(9-16)8-15-13/h2-9H,1H2. The fourth-order valence-electron chi connectivity index (χ4n) is 1.26. The first kappa shape index (κ1) is 11.0. The number of ether oxygens (including phenoxy) is 1. The molecule has 1 aromatic heterocycles. The Morgan fingerprint density at radius 3 is 2.47 bits per heavy atom. The second-order valence-electron chi connectivity index (χ2n) is 3.30. The summed E-state index contributed by atoms with van der Waals surface area (Å²) in [6, 6.07) is 10.4. The summed E-state index contributed by atoms with van der Waals surface area (Å²) in [7, 11) is 0. The number of rotatable bonds is 4. The van der Waals surface area contributed by atoms with Crippen molar-refractivity contribution in [1.82, 2.24) is 4.98 Å². The van der Waals surface area contributed by atoms with Crippen molar-refractivity contribution in [3.8, 4) is 11.6 Å². The zero-order valence-corrected chi connectivity index (χ0v) is 9.04. The highest BCUT2D eigenvalue weighted by molar-refractivity contribution is 5.74. The zero-order chi connectivity index (χ0) is 12.1. The van der Waals surface area contributed by atoms with Gasteiger partial charge < -0.3 is 4.74 Å². The fourth-order valence-corrected chi connectivity index (χ4v) is 1.26. The summed E-state index contributed by atoms with van der Waals surface area (Å²) in [5.74, 6) is 1.10. The number of hydrogen-bond donors (Lipinski definition) is 0. The summed E-state index contributed by atoms with van der Waals surface area (Å²) in [4.78, 5) is 18.2. The van der Waals surface area contributed by atoms with E-state index >= 15 is 0 Å². The van der Waals surface area contributed by atoms with Gasteiger partial charge >= 0.3 is 0 Å². The molecular weight excluding hydrogens is 216 g/mol. The minimum absolute atomic E-state index is 0.440. The predicted molar refractivity (Wildman–Crippen MR) is 65.3 cm³/mol. The van der Waals surface area contributed by atoms with Gasteiger partial charge in [0, 0.05) is 17.8 Å². The van der Waals surface area contributed by atoms with Crippen LogP contribution in [0.3, 0.4) is 0 Å². The summed E-state index contributed by atoms with van der Waals surface area (Å²) < 4.78 is 5.49. The molecule has 0 saturated heterocycles. The maximum Gasteiger partial charge on any atom is 0.219 e. The van der Waals surface area contributed by atoms with Gasteiger partial charge in [-0.2, -0.15) is 0 Å². The molecule has 0 fully saturated rings. The number of pyridine rings is 1. The van der Waals surface area contributed by atoms with Crippen LogP contribution in [0.1, 0.15) is 10.4 Å². The molecular formula is C13H10N2O2.